The van der Waals surface area contributed by atoms with Gasteiger partial charge in [-0.3, -0.25) is 9.59 Å². The molecule has 0 heterocycles. The highest BCUT2D eigenvalue weighted by molar-refractivity contribution is 5.70. The monoisotopic (exact) mass is 1290 g/mol. The van der Waals surface area contributed by atoms with E-state index < -0.39 is 6.10 Å². The van der Waals surface area contributed by atoms with Gasteiger partial charge in [0.25, 0.3) is 0 Å². The van der Waals surface area contributed by atoms with E-state index in [4.69, 9.17) is 9.47 Å². The van der Waals surface area contributed by atoms with Gasteiger partial charge in [0.2, 0.25) is 0 Å². The van der Waals surface area contributed by atoms with E-state index in [1.165, 1.54) is 128 Å². The summed E-state index contributed by atoms with van der Waals surface area (Å²) < 4.78 is 10.7. The second-order valence-corrected chi connectivity index (χ2v) is 24.6. The lowest BCUT2D eigenvalue weighted by Gasteiger charge is -2.15. The van der Waals surface area contributed by atoms with Gasteiger partial charge in [0.15, 0.2) is 6.10 Å². The van der Waals surface area contributed by atoms with Crippen molar-refractivity contribution in [1.82, 2.24) is 0 Å². The number of carbonyl (C=O) groups is 2. The predicted octanol–water partition coefficient (Wildman–Crippen LogP) is 27.4. The molecular formula is C89H140O5. The van der Waals surface area contributed by atoms with Gasteiger partial charge in [0, 0.05) is 12.8 Å². The molecule has 5 heteroatoms. The average Bonchev–Trinajstić information content (AvgIpc) is 3.65. The number of aliphatic hydroxyl groups is 1. The van der Waals surface area contributed by atoms with Crippen LogP contribution in [0.5, 0.6) is 0 Å². The van der Waals surface area contributed by atoms with Crippen molar-refractivity contribution in [2.75, 3.05) is 13.2 Å². The number of ether oxygens (including phenoxy) is 2. The molecule has 0 radical (unpaired) electrons. The molecule has 0 fully saturated rings. The number of carbonyl (C=O) groups excluding carboxylic acids is 2. The van der Waals surface area contributed by atoms with E-state index in [1.807, 2.05) is 0 Å². The molecule has 526 valence electrons. The van der Waals surface area contributed by atoms with Gasteiger partial charge in [-0.15, -0.1) is 0 Å². The van der Waals surface area contributed by atoms with E-state index >= 15 is 0 Å². The van der Waals surface area contributed by atoms with Crippen LogP contribution in [0.4, 0.5) is 0 Å². The summed E-state index contributed by atoms with van der Waals surface area (Å²) in [6.45, 7) is 3.88. The molecule has 5 nitrogen and oxygen atoms in total. The van der Waals surface area contributed by atoms with Crippen LogP contribution in [0.2, 0.25) is 0 Å². The van der Waals surface area contributed by atoms with Crippen molar-refractivity contribution in [3.05, 3.63) is 219 Å². The molecule has 0 aliphatic rings. The molecule has 0 aromatic carbocycles. The Balaban J connectivity index is 3.58. The van der Waals surface area contributed by atoms with Crippen LogP contribution in [0.25, 0.3) is 0 Å². The molecule has 94 heavy (non-hydrogen) atoms. The smallest absolute Gasteiger partial charge is 0.306 e. The highest BCUT2D eigenvalue weighted by Crippen LogP contribution is 2.17. The van der Waals surface area contributed by atoms with E-state index in [9.17, 15) is 14.7 Å². The summed E-state index contributed by atoms with van der Waals surface area (Å²) in [4.78, 5) is 24.7. The number of rotatable bonds is 68. The van der Waals surface area contributed by atoms with Crippen molar-refractivity contribution in [2.45, 2.75) is 315 Å². The Morgan fingerprint density at radius 1 is 0.245 bits per heavy atom. The van der Waals surface area contributed by atoms with Crippen molar-refractivity contribution >= 4 is 11.9 Å². The van der Waals surface area contributed by atoms with E-state index in [0.717, 1.165) is 148 Å². The maximum absolute atomic E-state index is 12.4. The second-order valence-electron chi connectivity index (χ2n) is 24.6. The second kappa shape index (κ2) is 81.5. The first kappa shape index (κ1) is 88.2. The van der Waals surface area contributed by atoms with Gasteiger partial charge in [-0.05, 0) is 154 Å². The Hall–Kier alpha value is -5.78. The van der Waals surface area contributed by atoms with Crippen molar-refractivity contribution in [3.8, 4) is 0 Å². The average molecular weight is 1290 g/mol. The Bertz CT molecular complexity index is 2200. The van der Waals surface area contributed by atoms with Crippen molar-refractivity contribution < 1.29 is 24.2 Å². The third-order valence-electron chi connectivity index (χ3n) is 15.8. The highest BCUT2D eigenvalue weighted by atomic mass is 16.6. The standard InChI is InChI=1S/C89H140O5/c1-3-5-7-9-11-13-15-17-19-21-23-25-27-29-31-33-35-37-39-41-43-44-46-47-49-51-53-55-57-59-61-63-65-67-69-71-73-75-77-79-81-83-88(91)93-86-87(85-90)94-89(92)84-82-80-78-76-74-72-70-68-66-64-62-60-58-56-54-52-50-48-45-42-40-38-36-34-32-30-28-26-24-22-20-18-16-14-12-10-8-6-4-2/h5-8,11-14,17-20,23-26,29-32,35-38,42,45,50,52,56,58,62,64,68,70,74,76,87,90H,3-4,9-10,15-16,21-22,27-28,33-34,39-41,43-44,46-49,51,53-55,57,59-61,63,65-67,69,71-73,75,77-86H2,1-2H3/b7-5-,8-6-,13-11-,14-12-,19-17-,20-18-,25-23-,26-24-,31-29-,32-30-,37-35-,38-36-,45-42-,52-50-,58-56-,64-62-,70-68-,76-74-. The molecule has 1 N–H and O–H groups in total. The Labute approximate surface area is 580 Å². The SMILES string of the molecule is CC/C=C\C/C=C\C/C=C\C/C=C\C/C=C\C/C=C\C/C=C\C/C=C\C/C=C\C/C=C\C/C=C\C/C=C\CCCCC(=O)OC(CO)COC(=O)CCCCCCCCCCCCCCCCCCCCCCCC/C=C\C/C=C\C/C=C\C/C=C\C/C=C\C/C=C\CC. The van der Waals surface area contributed by atoms with Crippen LogP contribution in [0.15, 0.2) is 219 Å². The number of allylic oxidation sites excluding steroid dienone is 36. The molecule has 1 unspecified atom stereocenters. The summed E-state index contributed by atoms with van der Waals surface area (Å²) in [5, 5.41) is 9.71. The molecular weight excluding hydrogens is 1150 g/mol. The number of aliphatic hydroxyl groups excluding tert-OH is 1. The lowest BCUT2D eigenvalue weighted by molar-refractivity contribution is -0.161. The zero-order valence-corrected chi connectivity index (χ0v) is 60.4. The molecule has 0 spiro atoms. The first-order valence-corrected chi connectivity index (χ1v) is 38.3. The largest absolute Gasteiger partial charge is 0.462 e. The van der Waals surface area contributed by atoms with E-state index in [1.54, 1.807) is 0 Å². The molecule has 0 aliphatic heterocycles. The Kier molecular flexibility index (Phi) is 76.4. The molecule has 0 amide bonds. The van der Waals surface area contributed by atoms with Gasteiger partial charge in [-0.25, -0.2) is 0 Å². The van der Waals surface area contributed by atoms with Crippen LogP contribution >= 0.6 is 0 Å². The maximum atomic E-state index is 12.4. The molecule has 0 rings (SSSR count). The number of hydrogen-bond acceptors (Lipinski definition) is 5. The Morgan fingerprint density at radius 2 is 0.426 bits per heavy atom. The fourth-order valence-electron chi connectivity index (χ4n) is 10.1. The zero-order valence-electron chi connectivity index (χ0n) is 60.4. The zero-order chi connectivity index (χ0) is 67.5. The minimum absolute atomic E-state index is 0.0937. The van der Waals surface area contributed by atoms with Gasteiger partial charge in [-0.2, -0.15) is 0 Å². The molecule has 0 aromatic rings. The normalized spacial score (nSPS) is 13.5. The fourth-order valence-corrected chi connectivity index (χ4v) is 10.1. The van der Waals surface area contributed by atoms with Gasteiger partial charge in [-0.1, -0.05) is 361 Å². The molecule has 0 saturated heterocycles. The third kappa shape index (κ3) is 78.7. The first-order valence-electron chi connectivity index (χ1n) is 38.3. The lowest BCUT2D eigenvalue weighted by Crippen LogP contribution is -2.28. The Morgan fingerprint density at radius 3 is 0.660 bits per heavy atom. The summed E-state index contributed by atoms with van der Waals surface area (Å²) >= 11 is 0. The topological polar surface area (TPSA) is 72.8 Å². The molecule has 0 aliphatic carbocycles. The number of unbranched alkanes of at least 4 members (excludes halogenated alkanes) is 24. The van der Waals surface area contributed by atoms with E-state index in [-0.39, 0.29) is 31.6 Å². The van der Waals surface area contributed by atoms with Crippen LogP contribution in [-0.4, -0.2) is 36.4 Å². The highest BCUT2D eigenvalue weighted by Gasteiger charge is 2.16. The lowest BCUT2D eigenvalue weighted by atomic mass is 10.0. The first-order chi connectivity index (χ1) is 46.6. The maximum Gasteiger partial charge on any atom is 0.306 e. The summed E-state index contributed by atoms with van der Waals surface area (Å²) in [5.74, 6) is -0.647. The van der Waals surface area contributed by atoms with Gasteiger partial charge in [0.1, 0.15) is 6.61 Å². The summed E-state index contributed by atoms with van der Waals surface area (Å²) in [7, 11) is 0. The van der Waals surface area contributed by atoms with Crippen LogP contribution < -0.4 is 0 Å². The summed E-state index contributed by atoms with van der Waals surface area (Å²) in [6.07, 6.45) is 131. The molecule has 0 bridgehead atoms. The minimum Gasteiger partial charge on any atom is -0.462 e. The fraction of sp³-hybridized carbons (Fsp3) is 0.573. The molecule has 1 atom stereocenters. The minimum atomic E-state index is -0.811. The van der Waals surface area contributed by atoms with Crippen LogP contribution in [0.3, 0.4) is 0 Å². The van der Waals surface area contributed by atoms with Gasteiger partial charge >= 0.3 is 11.9 Å². The van der Waals surface area contributed by atoms with Gasteiger partial charge in [0.05, 0.1) is 6.61 Å². The van der Waals surface area contributed by atoms with Crippen LogP contribution in [0.1, 0.15) is 309 Å². The van der Waals surface area contributed by atoms with Crippen molar-refractivity contribution in [1.29, 1.82) is 0 Å². The summed E-state index contributed by atoms with van der Waals surface area (Å²) in [6, 6.07) is 0. The van der Waals surface area contributed by atoms with E-state index in [2.05, 4.69) is 233 Å². The number of hydrogen-bond donors (Lipinski definition) is 1. The van der Waals surface area contributed by atoms with Crippen LogP contribution in [-0.2, 0) is 19.1 Å². The summed E-state index contributed by atoms with van der Waals surface area (Å²) in [5.41, 5.74) is 0. The molecule has 0 saturated carbocycles. The predicted molar refractivity (Wildman–Crippen MR) is 416 cm³/mol. The molecule has 0 aromatic heterocycles. The van der Waals surface area contributed by atoms with Crippen molar-refractivity contribution in [2.24, 2.45) is 0 Å². The van der Waals surface area contributed by atoms with Gasteiger partial charge < -0.3 is 14.6 Å². The van der Waals surface area contributed by atoms with Crippen LogP contribution in [0, 0.1) is 0 Å². The van der Waals surface area contributed by atoms with E-state index in [0.29, 0.717) is 12.8 Å². The van der Waals surface area contributed by atoms with Crippen molar-refractivity contribution in [3.63, 3.8) is 0 Å². The third-order valence-corrected chi connectivity index (χ3v) is 15.8. The quantitative estimate of drug-likeness (QED) is 0.0373. The number of esters is 2.